The van der Waals surface area contributed by atoms with E-state index in [1.165, 1.54) is 6.21 Å². The third-order valence-electron chi connectivity index (χ3n) is 4.59. The minimum atomic E-state index is -0.370. The highest BCUT2D eigenvalue weighted by molar-refractivity contribution is 5.98. The Hall–Kier alpha value is -3.48. The molecule has 7 heteroatoms. The van der Waals surface area contributed by atoms with Gasteiger partial charge in [0.25, 0.3) is 11.5 Å². The van der Waals surface area contributed by atoms with Crippen LogP contribution in [-0.2, 0) is 13.0 Å². The number of nitrogens with one attached hydrogen (secondary N) is 1. The molecule has 136 valence electrons. The maximum atomic E-state index is 12.5. The third kappa shape index (κ3) is 3.19. The summed E-state index contributed by atoms with van der Waals surface area (Å²) < 4.78 is 6.95. The first kappa shape index (κ1) is 17.0. The molecule has 0 radical (unpaired) electrons. The van der Waals surface area contributed by atoms with Crippen LogP contribution in [0.15, 0.2) is 52.4 Å². The minimum Gasteiger partial charge on any atom is -0.496 e. The summed E-state index contributed by atoms with van der Waals surface area (Å²) in [5.74, 6) is 1.07. The molecule has 1 N–H and O–H groups in total. The molecule has 1 amide bonds. The van der Waals surface area contributed by atoms with Crippen LogP contribution in [0.4, 0.5) is 0 Å². The Balaban J connectivity index is 1.57. The van der Waals surface area contributed by atoms with Gasteiger partial charge in [-0.3, -0.25) is 14.2 Å². The Morgan fingerprint density at radius 3 is 3.00 bits per heavy atom. The molecule has 1 aliphatic rings. The van der Waals surface area contributed by atoms with Crippen LogP contribution in [0.25, 0.3) is 10.9 Å². The van der Waals surface area contributed by atoms with Crippen molar-refractivity contribution in [3.05, 3.63) is 69.8 Å². The van der Waals surface area contributed by atoms with E-state index in [-0.39, 0.29) is 11.5 Å². The first-order valence-corrected chi connectivity index (χ1v) is 8.67. The monoisotopic (exact) mass is 362 g/mol. The molecule has 4 rings (SSSR count). The number of aryl methyl sites for hydroxylation is 1. The fourth-order valence-electron chi connectivity index (χ4n) is 3.22. The van der Waals surface area contributed by atoms with E-state index in [2.05, 4.69) is 15.5 Å². The minimum absolute atomic E-state index is 0.0475. The number of hydrogen-bond donors (Lipinski definition) is 1. The van der Waals surface area contributed by atoms with Gasteiger partial charge >= 0.3 is 0 Å². The van der Waals surface area contributed by atoms with Crippen LogP contribution in [-0.4, -0.2) is 28.8 Å². The largest absolute Gasteiger partial charge is 0.496 e. The van der Waals surface area contributed by atoms with E-state index in [0.29, 0.717) is 28.8 Å². The zero-order chi connectivity index (χ0) is 18.8. The van der Waals surface area contributed by atoms with Gasteiger partial charge in [0, 0.05) is 24.1 Å². The molecule has 7 nitrogen and oxygen atoms in total. The van der Waals surface area contributed by atoms with Gasteiger partial charge in [0.15, 0.2) is 0 Å². The molecule has 0 fully saturated rings. The average Bonchev–Trinajstić information content (AvgIpc) is 3.17. The van der Waals surface area contributed by atoms with Crippen molar-refractivity contribution >= 4 is 23.0 Å². The lowest BCUT2D eigenvalue weighted by Crippen LogP contribution is -2.22. The fraction of sp³-hybridized carbons (Fsp3) is 0.200. The number of amides is 1. The highest BCUT2D eigenvalue weighted by Crippen LogP contribution is 2.17. The molecule has 3 aromatic rings. The number of carbonyl (C=O) groups is 1. The molecule has 0 unspecified atom stereocenters. The smallest absolute Gasteiger partial charge is 0.271 e. The van der Waals surface area contributed by atoms with Gasteiger partial charge in [-0.25, -0.2) is 10.4 Å². The standard InChI is InChI=1S/C20H18N4O3/c1-27-17-6-3-2-5-14(17)12-21-23-19(25)13-8-9-15-16(11-13)22-18-7-4-10-24(18)20(15)26/h2-3,5-6,8-9,11-12H,4,7,10H2,1H3,(H,23,25)/b21-12-. The van der Waals surface area contributed by atoms with Gasteiger partial charge in [0.1, 0.15) is 11.6 Å². The summed E-state index contributed by atoms with van der Waals surface area (Å²) in [7, 11) is 1.58. The first-order valence-electron chi connectivity index (χ1n) is 8.67. The van der Waals surface area contributed by atoms with E-state index < -0.39 is 0 Å². The van der Waals surface area contributed by atoms with Crippen LogP contribution in [0.1, 0.15) is 28.2 Å². The van der Waals surface area contributed by atoms with Crippen LogP contribution in [0.5, 0.6) is 5.75 Å². The Kier molecular flexibility index (Phi) is 4.42. The van der Waals surface area contributed by atoms with E-state index in [9.17, 15) is 9.59 Å². The number of fused-ring (bicyclic) bond motifs is 2. The van der Waals surface area contributed by atoms with Crippen LogP contribution in [0.3, 0.4) is 0 Å². The fourth-order valence-corrected chi connectivity index (χ4v) is 3.22. The number of aromatic nitrogens is 2. The van der Waals surface area contributed by atoms with Gasteiger partial charge in [-0.05, 0) is 36.8 Å². The van der Waals surface area contributed by atoms with E-state index in [1.807, 2.05) is 24.3 Å². The molecule has 0 atom stereocenters. The number of ether oxygens (including phenoxy) is 1. The molecular formula is C20H18N4O3. The number of para-hydroxylation sites is 1. The summed E-state index contributed by atoms with van der Waals surface area (Å²) in [6.07, 6.45) is 3.23. The lowest BCUT2D eigenvalue weighted by atomic mass is 10.1. The Bertz CT molecular complexity index is 1120. The predicted octanol–water partition coefficient (Wildman–Crippen LogP) is 2.12. The van der Waals surface area contributed by atoms with Crippen LogP contribution in [0.2, 0.25) is 0 Å². The normalized spacial score (nSPS) is 13.1. The van der Waals surface area contributed by atoms with Gasteiger partial charge in [-0.1, -0.05) is 12.1 Å². The summed E-state index contributed by atoms with van der Waals surface area (Å²) in [6.45, 7) is 0.705. The number of nitrogens with zero attached hydrogens (tertiary/aromatic N) is 3. The predicted molar refractivity (Wildman–Crippen MR) is 102 cm³/mol. The quantitative estimate of drug-likeness (QED) is 0.569. The summed E-state index contributed by atoms with van der Waals surface area (Å²) in [6, 6.07) is 12.3. The van der Waals surface area contributed by atoms with Crippen molar-refractivity contribution in [1.29, 1.82) is 0 Å². The van der Waals surface area contributed by atoms with Crippen molar-refractivity contribution in [2.24, 2.45) is 5.10 Å². The Morgan fingerprint density at radius 1 is 1.30 bits per heavy atom. The Morgan fingerprint density at radius 2 is 2.15 bits per heavy atom. The summed E-state index contributed by atoms with van der Waals surface area (Å²) in [4.78, 5) is 29.4. The van der Waals surface area contributed by atoms with Crippen LogP contribution in [0, 0.1) is 0 Å². The Labute approximate surface area is 155 Å². The summed E-state index contributed by atoms with van der Waals surface area (Å²) in [5, 5.41) is 4.51. The second-order valence-corrected chi connectivity index (χ2v) is 6.26. The first-order chi connectivity index (χ1) is 13.2. The van der Waals surface area contributed by atoms with Gasteiger partial charge < -0.3 is 4.74 Å². The number of hydrogen-bond acceptors (Lipinski definition) is 5. The maximum absolute atomic E-state index is 12.5. The molecule has 1 aromatic heterocycles. The van der Waals surface area contributed by atoms with Crippen molar-refractivity contribution in [2.75, 3.05) is 7.11 Å². The van der Waals surface area contributed by atoms with Crippen LogP contribution >= 0.6 is 0 Å². The molecule has 2 aromatic carbocycles. The number of carbonyl (C=O) groups excluding carboxylic acids is 1. The molecular weight excluding hydrogens is 344 g/mol. The lowest BCUT2D eigenvalue weighted by molar-refractivity contribution is 0.0955. The summed E-state index contributed by atoms with van der Waals surface area (Å²) >= 11 is 0. The number of methoxy groups -OCH3 is 1. The van der Waals surface area contributed by atoms with E-state index in [0.717, 1.165) is 24.2 Å². The number of benzene rings is 2. The highest BCUT2D eigenvalue weighted by atomic mass is 16.5. The molecule has 0 saturated carbocycles. The average molecular weight is 362 g/mol. The molecule has 0 bridgehead atoms. The molecule has 2 heterocycles. The number of rotatable bonds is 4. The van der Waals surface area contributed by atoms with E-state index >= 15 is 0 Å². The van der Waals surface area contributed by atoms with Gasteiger partial charge in [0.05, 0.1) is 24.2 Å². The molecule has 0 aliphatic carbocycles. The topological polar surface area (TPSA) is 85.6 Å². The van der Waals surface area contributed by atoms with E-state index in [1.54, 1.807) is 29.9 Å². The van der Waals surface area contributed by atoms with Crippen molar-refractivity contribution < 1.29 is 9.53 Å². The third-order valence-corrected chi connectivity index (χ3v) is 4.59. The van der Waals surface area contributed by atoms with Crippen molar-refractivity contribution in [2.45, 2.75) is 19.4 Å². The number of hydrazone groups is 1. The molecule has 27 heavy (non-hydrogen) atoms. The van der Waals surface area contributed by atoms with Crippen molar-refractivity contribution in [3.8, 4) is 5.75 Å². The maximum Gasteiger partial charge on any atom is 0.271 e. The second-order valence-electron chi connectivity index (χ2n) is 6.26. The molecule has 0 saturated heterocycles. The van der Waals surface area contributed by atoms with Crippen molar-refractivity contribution in [1.82, 2.24) is 15.0 Å². The molecule has 1 aliphatic heterocycles. The zero-order valence-electron chi connectivity index (χ0n) is 14.8. The van der Waals surface area contributed by atoms with Gasteiger partial charge in [-0.15, -0.1) is 0 Å². The summed E-state index contributed by atoms with van der Waals surface area (Å²) in [5.41, 5.74) is 4.13. The lowest BCUT2D eigenvalue weighted by Gasteiger charge is -2.06. The van der Waals surface area contributed by atoms with Gasteiger partial charge in [-0.2, -0.15) is 5.10 Å². The van der Waals surface area contributed by atoms with E-state index in [4.69, 9.17) is 4.74 Å². The van der Waals surface area contributed by atoms with Gasteiger partial charge in [0.2, 0.25) is 0 Å². The zero-order valence-corrected chi connectivity index (χ0v) is 14.8. The van der Waals surface area contributed by atoms with Crippen LogP contribution < -0.4 is 15.7 Å². The highest BCUT2D eigenvalue weighted by Gasteiger charge is 2.17. The SMILES string of the molecule is COc1ccccc1/C=N\NC(=O)c1ccc2c(=O)n3c(nc2c1)CCC3. The molecule has 0 spiro atoms. The van der Waals surface area contributed by atoms with Crippen molar-refractivity contribution in [3.63, 3.8) is 0 Å². The second kappa shape index (κ2) is 7.03.